The standard InChI is InChI=1S/C14H20FNO3/c1-3-16(7-8-19-4-2)10-11-5-6-13(15)12(9-11)14(17)18/h5-6,9H,3-4,7-8,10H2,1-2H3,(H,17,18). The zero-order valence-corrected chi connectivity index (χ0v) is 11.4. The molecule has 0 atom stereocenters. The number of likely N-dealkylation sites (N-methyl/N-ethyl adjacent to an activating group) is 1. The second kappa shape index (κ2) is 7.86. The Balaban J connectivity index is 2.69. The number of carboxylic acids is 1. The minimum absolute atomic E-state index is 0.279. The third-order valence-corrected chi connectivity index (χ3v) is 2.87. The molecule has 0 aliphatic carbocycles. The highest BCUT2D eigenvalue weighted by Crippen LogP contribution is 2.12. The van der Waals surface area contributed by atoms with Crippen molar-refractivity contribution in [2.24, 2.45) is 0 Å². The fourth-order valence-electron chi connectivity index (χ4n) is 1.78. The van der Waals surface area contributed by atoms with Crippen molar-refractivity contribution < 1.29 is 19.0 Å². The van der Waals surface area contributed by atoms with Gasteiger partial charge in [-0.25, -0.2) is 9.18 Å². The molecule has 4 nitrogen and oxygen atoms in total. The molecular weight excluding hydrogens is 249 g/mol. The molecule has 19 heavy (non-hydrogen) atoms. The lowest BCUT2D eigenvalue weighted by Crippen LogP contribution is -2.27. The number of halogens is 1. The lowest BCUT2D eigenvalue weighted by Gasteiger charge is -2.20. The molecule has 1 aromatic carbocycles. The number of nitrogens with zero attached hydrogens (tertiary/aromatic N) is 1. The predicted octanol–water partition coefficient (Wildman–Crippen LogP) is 2.38. The van der Waals surface area contributed by atoms with Crippen LogP contribution in [0.5, 0.6) is 0 Å². The van der Waals surface area contributed by atoms with Crippen LogP contribution in [0, 0.1) is 5.82 Å². The molecule has 0 saturated heterocycles. The van der Waals surface area contributed by atoms with Crippen molar-refractivity contribution in [3.05, 3.63) is 35.1 Å². The Labute approximate surface area is 112 Å². The van der Waals surface area contributed by atoms with E-state index in [1.807, 2.05) is 13.8 Å². The first-order valence-electron chi connectivity index (χ1n) is 6.40. The maximum Gasteiger partial charge on any atom is 0.338 e. The van der Waals surface area contributed by atoms with Crippen molar-refractivity contribution in [3.8, 4) is 0 Å². The highest BCUT2D eigenvalue weighted by molar-refractivity contribution is 5.88. The molecule has 1 N–H and O–H groups in total. The zero-order valence-electron chi connectivity index (χ0n) is 11.4. The molecular formula is C14H20FNO3. The lowest BCUT2D eigenvalue weighted by molar-refractivity contribution is 0.0691. The molecule has 5 heteroatoms. The van der Waals surface area contributed by atoms with E-state index in [0.29, 0.717) is 19.8 Å². The Morgan fingerprint density at radius 3 is 2.74 bits per heavy atom. The Morgan fingerprint density at radius 2 is 2.16 bits per heavy atom. The van der Waals surface area contributed by atoms with Crippen LogP contribution in [0.3, 0.4) is 0 Å². The largest absolute Gasteiger partial charge is 0.478 e. The van der Waals surface area contributed by atoms with Crippen LogP contribution in [0.15, 0.2) is 18.2 Å². The Hall–Kier alpha value is -1.46. The lowest BCUT2D eigenvalue weighted by atomic mass is 10.1. The number of ether oxygens (including phenoxy) is 1. The van der Waals surface area contributed by atoms with Gasteiger partial charge in [-0.2, -0.15) is 0 Å². The third kappa shape index (κ3) is 4.96. The van der Waals surface area contributed by atoms with E-state index < -0.39 is 11.8 Å². The van der Waals surface area contributed by atoms with Gasteiger partial charge in [0.25, 0.3) is 0 Å². The minimum Gasteiger partial charge on any atom is -0.478 e. The molecule has 1 aromatic rings. The van der Waals surface area contributed by atoms with E-state index in [1.54, 1.807) is 6.07 Å². The van der Waals surface area contributed by atoms with Crippen LogP contribution in [0.4, 0.5) is 4.39 Å². The number of rotatable bonds is 8. The summed E-state index contributed by atoms with van der Waals surface area (Å²) in [7, 11) is 0. The molecule has 0 aliphatic rings. The van der Waals surface area contributed by atoms with Crippen molar-refractivity contribution in [3.63, 3.8) is 0 Å². The summed E-state index contributed by atoms with van der Waals surface area (Å²) in [6, 6.07) is 4.21. The van der Waals surface area contributed by atoms with Gasteiger partial charge in [-0.1, -0.05) is 13.0 Å². The number of carboxylic acid groups (broad SMARTS) is 1. The van der Waals surface area contributed by atoms with Crippen LogP contribution in [-0.4, -0.2) is 42.3 Å². The summed E-state index contributed by atoms with van der Waals surface area (Å²) in [6.45, 7) is 7.46. The average Bonchev–Trinajstić information content (AvgIpc) is 2.39. The van der Waals surface area contributed by atoms with Crippen molar-refractivity contribution in [2.75, 3.05) is 26.3 Å². The predicted molar refractivity (Wildman–Crippen MR) is 70.8 cm³/mol. The van der Waals surface area contributed by atoms with E-state index >= 15 is 0 Å². The van der Waals surface area contributed by atoms with Crippen LogP contribution in [-0.2, 0) is 11.3 Å². The van der Waals surface area contributed by atoms with Crippen LogP contribution in [0.25, 0.3) is 0 Å². The second-order valence-corrected chi connectivity index (χ2v) is 4.19. The molecule has 0 aliphatic heterocycles. The summed E-state index contributed by atoms with van der Waals surface area (Å²) < 4.78 is 18.6. The summed E-state index contributed by atoms with van der Waals surface area (Å²) >= 11 is 0. The van der Waals surface area contributed by atoms with Crippen molar-refractivity contribution in [2.45, 2.75) is 20.4 Å². The summed E-state index contributed by atoms with van der Waals surface area (Å²) in [6.07, 6.45) is 0. The van der Waals surface area contributed by atoms with Crippen molar-refractivity contribution >= 4 is 5.97 Å². The molecule has 0 aromatic heterocycles. The normalized spacial score (nSPS) is 10.9. The molecule has 0 spiro atoms. The number of hydrogen-bond acceptors (Lipinski definition) is 3. The topological polar surface area (TPSA) is 49.8 Å². The molecule has 106 valence electrons. The zero-order chi connectivity index (χ0) is 14.3. The summed E-state index contributed by atoms with van der Waals surface area (Å²) in [4.78, 5) is 13.0. The molecule has 1 rings (SSSR count). The summed E-state index contributed by atoms with van der Waals surface area (Å²) in [5.74, 6) is -1.94. The maximum atomic E-state index is 13.3. The van der Waals surface area contributed by atoms with Gasteiger partial charge in [0.05, 0.1) is 12.2 Å². The van der Waals surface area contributed by atoms with Gasteiger partial charge in [-0.15, -0.1) is 0 Å². The van der Waals surface area contributed by atoms with Crippen molar-refractivity contribution in [1.29, 1.82) is 0 Å². The van der Waals surface area contributed by atoms with Crippen LogP contribution in [0.2, 0.25) is 0 Å². The number of benzene rings is 1. The number of aromatic carboxylic acids is 1. The van der Waals surface area contributed by atoms with E-state index in [2.05, 4.69) is 4.90 Å². The Kier molecular flexibility index (Phi) is 6.45. The molecule has 0 unspecified atom stereocenters. The monoisotopic (exact) mass is 269 g/mol. The van der Waals surface area contributed by atoms with Gasteiger partial charge in [0.1, 0.15) is 5.82 Å². The summed E-state index contributed by atoms with van der Waals surface area (Å²) in [5, 5.41) is 8.88. The second-order valence-electron chi connectivity index (χ2n) is 4.19. The molecule has 0 fully saturated rings. The Bertz CT molecular complexity index is 423. The van der Waals surface area contributed by atoms with Crippen LogP contribution < -0.4 is 0 Å². The molecule has 0 bridgehead atoms. The van der Waals surface area contributed by atoms with Crippen LogP contribution >= 0.6 is 0 Å². The van der Waals surface area contributed by atoms with E-state index in [4.69, 9.17) is 9.84 Å². The molecule has 0 saturated carbocycles. The fourth-order valence-corrected chi connectivity index (χ4v) is 1.78. The SMILES string of the molecule is CCOCCN(CC)Cc1ccc(F)c(C(=O)O)c1. The van der Waals surface area contributed by atoms with E-state index in [9.17, 15) is 9.18 Å². The van der Waals surface area contributed by atoms with Gasteiger partial charge in [-0.05, 0) is 31.2 Å². The summed E-state index contributed by atoms with van der Waals surface area (Å²) in [5.41, 5.74) is 0.510. The first kappa shape index (κ1) is 15.6. The van der Waals surface area contributed by atoms with Gasteiger partial charge < -0.3 is 9.84 Å². The quantitative estimate of drug-likeness (QED) is 0.736. The third-order valence-electron chi connectivity index (χ3n) is 2.87. The van der Waals surface area contributed by atoms with Crippen LogP contribution in [0.1, 0.15) is 29.8 Å². The first-order chi connectivity index (χ1) is 9.08. The van der Waals surface area contributed by atoms with E-state index in [-0.39, 0.29) is 5.56 Å². The van der Waals surface area contributed by atoms with Gasteiger partial charge in [-0.3, -0.25) is 4.90 Å². The maximum absolute atomic E-state index is 13.3. The number of carbonyl (C=O) groups is 1. The van der Waals surface area contributed by atoms with E-state index in [0.717, 1.165) is 18.7 Å². The number of hydrogen-bond donors (Lipinski definition) is 1. The molecule has 0 amide bonds. The van der Waals surface area contributed by atoms with Gasteiger partial charge in [0.2, 0.25) is 0 Å². The average molecular weight is 269 g/mol. The van der Waals surface area contributed by atoms with Gasteiger partial charge >= 0.3 is 5.97 Å². The van der Waals surface area contributed by atoms with Crippen molar-refractivity contribution in [1.82, 2.24) is 4.90 Å². The molecule has 0 heterocycles. The fraction of sp³-hybridized carbons (Fsp3) is 0.500. The highest BCUT2D eigenvalue weighted by atomic mass is 19.1. The van der Waals surface area contributed by atoms with Gasteiger partial charge in [0, 0.05) is 19.7 Å². The smallest absolute Gasteiger partial charge is 0.338 e. The molecule has 0 radical (unpaired) electrons. The van der Waals surface area contributed by atoms with Gasteiger partial charge in [0.15, 0.2) is 0 Å². The highest BCUT2D eigenvalue weighted by Gasteiger charge is 2.12. The first-order valence-corrected chi connectivity index (χ1v) is 6.40. The Morgan fingerprint density at radius 1 is 1.42 bits per heavy atom. The minimum atomic E-state index is -1.24. The van der Waals surface area contributed by atoms with E-state index in [1.165, 1.54) is 12.1 Å².